The van der Waals surface area contributed by atoms with E-state index in [9.17, 15) is 0 Å². The van der Waals surface area contributed by atoms with E-state index >= 15 is 0 Å². The highest BCUT2D eigenvalue weighted by molar-refractivity contribution is 5.89. The van der Waals surface area contributed by atoms with Gasteiger partial charge in [-0.3, -0.25) is 0 Å². The molecule has 0 atom stereocenters. The summed E-state index contributed by atoms with van der Waals surface area (Å²) < 4.78 is 0. The standard InChI is InChI=1S/C58H43N/c1-57(2)53-28-12-9-25-49(53)52-36-35-48(39-56(52)57)59(46-23-15-19-43(37-46)42-33-31-41(32-34-42)40-17-5-3-6-18-40)47-24-16-22-45(38-47)58(44-20-7-4-8-21-44)54-29-13-10-26-50(54)51-27-11-14-30-55(51)58/h3-39H,1-2H3. The predicted octanol–water partition coefficient (Wildman–Crippen LogP) is 15.2. The highest BCUT2D eigenvalue weighted by Crippen LogP contribution is 2.57. The van der Waals surface area contributed by atoms with Crippen LogP contribution in [0.3, 0.4) is 0 Å². The van der Waals surface area contributed by atoms with E-state index in [0.717, 1.165) is 17.1 Å². The van der Waals surface area contributed by atoms with Gasteiger partial charge in [0.1, 0.15) is 0 Å². The Morgan fingerprint density at radius 3 is 1.39 bits per heavy atom. The van der Waals surface area contributed by atoms with Gasteiger partial charge in [0, 0.05) is 22.5 Å². The lowest BCUT2D eigenvalue weighted by Crippen LogP contribution is -2.28. The third kappa shape index (κ3) is 5.46. The summed E-state index contributed by atoms with van der Waals surface area (Å²) in [7, 11) is 0. The first-order valence-corrected chi connectivity index (χ1v) is 20.7. The monoisotopic (exact) mass is 753 g/mol. The molecule has 11 rings (SSSR count). The molecule has 59 heavy (non-hydrogen) atoms. The van der Waals surface area contributed by atoms with Gasteiger partial charge < -0.3 is 4.90 Å². The summed E-state index contributed by atoms with van der Waals surface area (Å²) >= 11 is 0. The first-order valence-electron chi connectivity index (χ1n) is 20.7. The van der Waals surface area contributed by atoms with E-state index in [1.54, 1.807) is 0 Å². The van der Waals surface area contributed by atoms with Crippen LogP contribution in [0.15, 0.2) is 224 Å². The van der Waals surface area contributed by atoms with E-state index in [1.807, 2.05) is 0 Å². The maximum Gasteiger partial charge on any atom is 0.0714 e. The van der Waals surface area contributed by atoms with Crippen LogP contribution in [0, 0.1) is 0 Å². The molecule has 0 amide bonds. The third-order valence-electron chi connectivity index (χ3n) is 13.0. The fraction of sp³-hybridized carbons (Fsp3) is 0.0690. The van der Waals surface area contributed by atoms with Gasteiger partial charge in [0.15, 0.2) is 0 Å². The second-order valence-corrected chi connectivity index (χ2v) is 16.5. The Morgan fingerprint density at radius 2 is 0.729 bits per heavy atom. The van der Waals surface area contributed by atoms with Crippen LogP contribution in [0.2, 0.25) is 0 Å². The molecule has 0 aromatic heterocycles. The molecule has 0 saturated carbocycles. The average Bonchev–Trinajstić information content (AvgIpc) is 3.73. The summed E-state index contributed by atoms with van der Waals surface area (Å²) in [4.78, 5) is 2.47. The molecular formula is C58H43N. The van der Waals surface area contributed by atoms with Crippen molar-refractivity contribution in [2.24, 2.45) is 0 Å². The van der Waals surface area contributed by atoms with Gasteiger partial charge in [0.2, 0.25) is 0 Å². The minimum Gasteiger partial charge on any atom is -0.310 e. The molecule has 9 aromatic rings. The van der Waals surface area contributed by atoms with Crippen LogP contribution in [0.5, 0.6) is 0 Å². The molecule has 0 radical (unpaired) electrons. The molecule has 0 bridgehead atoms. The lowest BCUT2D eigenvalue weighted by atomic mass is 9.67. The second kappa shape index (κ2) is 13.7. The van der Waals surface area contributed by atoms with Gasteiger partial charge in [0.25, 0.3) is 0 Å². The van der Waals surface area contributed by atoms with Crippen molar-refractivity contribution in [2.45, 2.75) is 24.7 Å². The van der Waals surface area contributed by atoms with Crippen molar-refractivity contribution >= 4 is 17.1 Å². The lowest BCUT2D eigenvalue weighted by molar-refractivity contribution is 0.660. The van der Waals surface area contributed by atoms with Gasteiger partial charge in [-0.1, -0.05) is 202 Å². The fourth-order valence-corrected chi connectivity index (χ4v) is 10.2. The Bertz CT molecular complexity index is 2970. The topological polar surface area (TPSA) is 3.24 Å². The van der Waals surface area contributed by atoms with Crippen LogP contribution in [-0.2, 0) is 10.8 Å². The van der Waals surface area contributed by atoms with E-state index in [0.29, 0.717) is 0 Å². The second-order valence-electron chi connectivity index (χ2n) is 16.5. The molecule has 0 heterocycles. The van der Waals surface area contributed by atoms with Crippen LogP contribution in [0.4, 0.5) is 17.1 Å². The zero-order valence-electron chi connectivity index (χ0n) is 33.3. The number of rotatable bonds is 7. The molecule has 280 valence electrons. The quantitative estimate of drug-likeness (QED) is 0.157. The first kappa shape index (κ1) is 35.0. The Morgan fingerprint density at radius 1 is 0.288 bits per heavy atom. The molecule has 0 spiro atoms. The van der Waals surface area contributed by atoms with Crippen molar-refractivity contribution in [1.82, 2.24) is 0 Å². The Kier molecular flexibility index (Phi) is 8.13. The smallest absolute Gasteiger partial charge is 0.0714 e. The SMILES string of the molecule is CC1(C)c2ccccc2-c2ccc(N(c3cccc(-c4ccc(-c5ccccc5)cc4)c3)c3cccc(C4(c5ccccc5)c5ccccc5-c5ccccc54)c3)cc21. The van der Waals surface area contributed by atoms with Crippen LogP contribution >= 0.6 is 0 Å². The first-order chi connectivity index (χ1) is 29.0. The molecule has 0 saturated heterocycles. The van der Waals surface area contributed by atoms with Gasteiger partial charge in [-0.15, -0.1) is 0 Å². The summed E-state index contributed by atoms with van der Waals surface area (Å²) in [5, 5.41) is 0. The third-order valence-corrected chi connectivity index (χ3v) is 13.0. The maximum atomic E-state index is 2.47. The summed E-state index contributed by atoms with van der Waals surface area (Å²) in [6.07, 6.45) is 0. The van der Waals surface area contributed by atoms with Gasteiger partial charge in [-0.2, -0.15) is 0 Å². The molecule has 2 aliphatic carbocycles. The maximum absolute atomic E-state index is 2.47. The van der Waals surface area contributed by atoms with Gasteiger partial charge in [0.05, 0.1) is 5.41 Å². The number of hydrogen-bond acceptors (Lipinski definition) is 1. The van der Waals surface area contributed by atoms with Crippen molar-refractivity contribution < 1.29 is 0 Å². The Hall–Kier alpha value is -7.22. The van der Waals surface area contributed by atoms with Gasteiger partial charge >= 0.3 is 0 Å². The van der Waals surface area contributed by atoms with E-state index in [-0.39, 0.29) is 5.41 Å². The minimum absolute atomic E-state index is 0.133. The molecule has 1 nitrogen and oxygen atoms in total. The number of nitrogens with zero attached hydrogens (tertiary/aromatic N) is 1. The highest BCUT2D eigenvalue weighted by Gasteiger charge is 2.46. The average molecular weight is 754 g/mol. The molecule has 0 aliphatic heterocycles. The van der Waals surface area contributed by atoms with E-state index in [4.69, 9.17) is 0 Å². The van der Waals surface area contributed by atoms with E-state index < -0.39 is 5.41 Å². The van der Waals surface area contributed by atoms with Crippen LogP contribution < -0.4 is 4.90 Å². The Balaban J connectivity index is 1.11. The minimum atomic E-state index is -0.500. The largest absolute Gasteiger partial charge is 0.310 e. The van der Waals surface area contributed by atoms with Crippen LogP contribution in [0.1, 0.15) is 47.2 Å². The molecule has 0 N–H and O–H groups in total. The fourth-order valence-electron chi connectivity index (χ4n) is 10.2. The Labute approximate surface area is 347 Å². The molecule has 0 unspecified atom stereocenters. The molecular weight excluding hydrogens is 711 g/mol. The van der Waals surface area contributed by atoms with Crippen molar-refractivity contribution in [3.05, 3.63) is 258 Å². The molecule has 1 heteroatoms. The van der Waals surface area contributed by atoms with Gasteiger partial charge in [-0.05, 0) is 114 Å². The van der Waals surface area contributed by atoms with Crippen molar-refractivity contribution in [2.75, 3.05) is 4.90 Å². The lowest BCUT2D eigenvalue weighted by Gasteiger charge is -2.35. The number of fused-ring (bicyclic) bond motifs is 6. The predicted molar refractivity (Wildman–Crippen MR) is 247 cm³/mol. The number of benzene rings is 9. The summed E-state index contributed by atoms with van der Waals surface area (Å²) in [5.74, 6) is 0. The molecule has 9 aromatic carbocycles. The summed E-state index contributed by atoms with van der Waals surface area (Å²) in [6.45, 7) is 4.73. The van der Waals surface area contributed by atoms with Crippen molar-refractivity contribution in [3.8, 4) is 44.5 Å². The zero-order chi connectivity index (χ0) is 39.6. The van der Waals surface area contributed by atoms with Crippen LogP contribution in [-0.4, -0.2) is 0 Å². The van der Waals surface area contributed by atoms with E-state index in [2.05, 4.69) is 243 Å². The summed E-state index contributed by atoms with van der Waals surface area (Å²) in [6, 6.07) is 83.0. The van der Waals surface area contributed by atoms with Crippen molar-refractivity contribution in [1.29, 1.82) is 0 Å². The summed E-state index contributed by atoms with van der Waals surface area (Å²) in [5.41, 5.74) is 20.6. The molecule has 2 aliphatic rings. The molecule has 0 fully saturated rings. The van der Waals surface area contributed by atoms with Crippen molar-refractivity contribution in [3.63, 3.8) is 0 Å². The number of anilines is 3. The van der Waals surface area contributed by atoms with E-state index in [1.165, 1.54) is 77.9 Å². The van der Waals surface area contributed by atoms with Gasteiger partial charge in [-0.25, -0.2) is 0 Å². The number of hydrogen-bond donors (Lipinski definition) is 0. The highest BCUT2D eigenvalue weighted by atomic mass is 15.1. The normalized spacial score (nSPS) is 13.9. The zero-order valence-corrected chi connectivity index (χ0v) is 33.3. The van der Waals surface area contributed by atoms with Crippen LogP contribution in [0.25, 0.3) is 44.5 Å².